The smallest absolute Gasteiger partial charge is 0.322 e. The van der Waals surface area contributed by atoms with Gasteiger partial charge in [0.2, 0.25) is 0 Å². The minimum atomic E-state index is -0.0476. The number of morpholine rings is 1. The molecule has 2 atom stereocenters. The molecule has 0 aliphatic carbocycles. The van der Waals surface area contributed by atoms with Crippen LogP contribution in [-0.4, -0.2) is 53.5 Å². The van der Waals surface area contributed by atoms with Crippen molar-refractivity contribution in [3.05, 3.63) is 42.2 Å². The van der Waals surface area contributed by atoms with E-state index in [0.29, 0.717) is 0 Å². The van der Waals surface area contributed by atoms with Crippen LogP contribution in [0.25, 0.3) is 0 Å². The molecule has 4 rings (SSSR count). The van der Waals surface area contributed by atoms with Crippen LogP contribution in [-0.2, 0) is 4.74 Å². The van der Waals surface area contributed by atoms with Gasteiger partial charge >= 0.3 is 6.03 Å². The van der Waals surface area contributed by atoms with Crippen LogP contribution in [0, 0.1) is 0 Å². The Kier molecular flexibility index (Phi) is 5.29. The second-order valence-corrected chi connectivity index (χ2v) is 7.34. The number of hydrogen-bond donors (Lipinski definition) is 2. The van der Waals surface area contributed by atoms with Crippen LogP contribution >= 0.6 is 0 Å². The molecule has 2 aliphatic rings. The Hall–Kier alpha value is -2.54. The van der Waals surface area contributed by atoms with E-state index in [4.69, 9.17) is 4.74 Å². The summed E-state index contributed by atoms with van der Waals surface area (Å²) in [7, 11) is 0. The Bertz CT molecular complexity index is 746. The summed E-state index contributed by atoms with van der Waals surface area (Å²) in [5, 5.41) is 9.95. The van der Waals surface area contributed by atoms with Gasteiger partial charge in [-0.3, -0.25) is 5.10 Å². The molecule has 144 valence electrons. The molecule has 2 amide bonds. The average molecular weight is 369 g/mol. The van der Waals surface area contributed by atoms with Crippen molar-refractivity contribution in [3.8, 4) is 0 Å². The van der Waals surface area contributed by atoms with Crippen LogP contribution in [0.15, 0.2) is 36.7 Å². The summed E-state index contributed by atoms with van der Waals surface area (Å²) >= 11 is 0. The molecule has 1 aromatic heterocycles. The number of ether oxygens (including phenoxy) is 1. The van der Waals surface area contributed by atoms with E-state index in [2.05, 4.69) is 39.5 Å². The highest BCUT2D eigenvalue weighted by Crippen LogP contribution is 2.31. The van der Waals surface area contributed by atoms with Gasteiger partial charge in [0.25, 0.3) is 0 Å². The van der Waals surface area contributed by atoms with Gasteiger partial charge in [0.05, 0.1) is 24.9 Å². The SMILES string of the molecule is C[C@@H]1CN(c2ccc(NC(=O)N3CCCC[C@H]3c3cn[nH]c3)cc2)CCO1. The first kappa shape index (κ1) is 17.9. The van der Waals surface area contributed by atoms with E-state index in [1.54, 1.807) is 0 Å². The van der Waals surface area contributed by atoms with E-state index in [-0.39, 0.29) is 18.2 Å². The van der Waals surface area contributed by atoms with E-state index in [1.807, 2.05) is 29.4 Å². The lowest BCUT2D eigenvalue weighted by atomic mass is 9.98. The Balaban J connectivity index is 1.41. The first-order chi connectivity index (χ1) is 13.2. The number of anilines is 2. The lowest BCUT2D eigenvalue weighted by Crippen LogP contribution is -2.41. The molecule has 2 aliphatic heterocycles. The van der Waals surface area contributed by atoms with Crippen molar-refractivity contribution in [2.24, 2.45) is 0 Å². The molecule has 2 N–H and O–H groups in total. The average Bonchev–Trinajstić information content (AvgIpc) is 3.23. The molecule has 2 aromatic rings. The number of likely N-dealkylation sites (tertiary alicyclic amines) is 1. The Morgan fingerprint density at radius 1 is 1.26 bits per heavy atom. The van der Waals surface area contributed by atoms with Crippen molar-refractivity contribution < 1.29 is 9.53 Å². The fourth-order valence-corrected chi connectivity index (χ4v) is 3.97. The molecule has 0 spiro atoms. The molecule has 0 radical (unpaired) electrons. The number of benzene rings is 1. The predicted molar refractivity (Wildman–Crippen MR) is 105 cm³/mol. The fraction of sp³-hybridized carbons (Fsp3) is 0.500. The first-order valence-electron chi connectivity index (χ1n) is 9.73. The molecule has 2 saturated heterocycles. The number of carbonyl (C=O) groups is 1. The van der Waals surface area contributed by atoms with Crippen molar-refractivity contribution in [2.75, 3.05) is 36.5 Å². The van der Waals surface area contributed by atoms with Gasteiger partial charge in [-0.25, -0.2) is 4.79 Å². The molecule has 0 saturated carbocycles. The number of H-pyrrole nitrogens is 1. The number of nitrogens with one attached hydrogen (secondary N) is 2. The summed E-state index contributed by atoms with van der Waals surface area (Å²) in [6, 6.07) is 8.13. The standard InChI is InChI=1S/C20H27N5O2/c1-15-14-24(10-11-27-15)18-7-5-17(6-8-18)23-20(26)25-9-3-2-4-19(25)16-12-21-22-13-16/h5-8,12-13,15,19H,2-4,9-11,14H2,1H3,(H,21,22)(H,23,26)/t15-,19+/m1/s1. The van der Waals surface area contributed by atoms with Gasteiger partial charge in [0.1, 0.15) is 0 Å². The largest absolute Gasteiger partial charge is 0.375 e. The molecule has 7 heteroatoms. The number of piperidine rings is 1. The number of rotatable bonds is 3. The Morgan fingerprint density at radius 2 is 2.11 bits per heavy atom. The summed E-state index contributed by atoms with van der Waals surface area (Å²) in [6.07, 6.45) is 7.09. The maximum atomic E-state index is 12.9. The highest BCUT2D eigenvalue weighted by Gasteiger charge is 2.28. The van der Waals surface area contributed by atoms with E-state index in [0.717, 1.165) is 62.4 Å². The van der Waals surface area contributed by atoms with E-state index >= 15 is 0 Å². The van der Waals surface area contributed by atoms with Crippen molar-refractivity contribution in [2.45, 2.75) is 38.3 Å². The van der Waals surface area contributed by atoms with Gasteiger partial charge in [-0.2, -0.15) is 5.10 Å². The van der Waals surface area contributed by atoms with E-state index < -0.39 is 0 Å². The predicted octanol–water partition coefficient (Wildman–Crippen LogP) is 3.39. The summed E-state index contributed by atoms with van der Waals surface area (Å²) in [5.41, 5.74) is 3.06. The minimum Gasteiger partial charge on any atom is -0.375 e. The lowest BCUT2D eigenvalue weighted by molar-refractivity contribution is 0.0532. The zero-order valence-corrected chi connectivity index (χ0v) is 15.7. The quantitative estimate of drug-likeness (QED) is 0.870. The molecule has 7 nitrogen and oxygen atoms in total. The van der Waals surface area contributed by atoms with E-state index in [1.165, 1.54) is 0 Å². The third-order valence-corrected chi connectivity index (χ3v) is 5.39. The fourth-order valence-electron chi connectivity index (χ4n) is 3.97. The van der Waals surface area contributed by atoms with Crippen LogP contribution in [0.3, 0.4) is 0 Å². The maximum Gasteiger partial charge on any atom is 0.322 e. The van der Waals surface area contributed by atoms with Crippen LogP contribution in [0.5, 0.6) is 0 Å². The second-order valence-electron chi connectivity index (χ2n) is 7.34. The van der Waals surface area contributed by atoms with Crippen molar-refractivity contribution in [3.63, 3.8) is 0 Å². The lowest BCUT2D eigenvalue weighted by Gasteiger charge is -2.35. The number of nitrogens with zero attached hydrogens (tertiary/aromatic N) is 3. The van der Waals surface area contributed by atoms with Crippen molar-refractivity contribution in [1.29, 1.82) is 0 Å². The van der Waals surface area contributed by atoms with Gasteiger partial charge < -0.3 is 19.9 Å². The van der Waals surface area contributed by atoms with Gasteiger partial charge in [0, 0.05) is 42.8 Å². The van der Waals surface area contributed by atoms with Crippen molar-refractivity contribution >= 4 is 17.4 Å². The van der Waals surface area contributed by atoms with Crippen LogP contribution < -0.4 is 10.2 Å². The molecule has 3 heterocycles. The molecule has 0 bridgehead atoms. The van der Waals surface area contributed by atoms with Gasteiger partial charge in [-0.1, -0.05) is 0 Å². The molecule has 2 fully saturated rings. The normalized spacial score (nSPS) is 23.3. The third kappa shape index (κ3) is 4.08. The highest BCUT2D eigenvalue weighted by molar-refractivity contribution is 5.90. The first-order valence-corrected chi connectivity index (χ1v) is 9.73. The zero-order chi connectivity index (χ0) is 18.6. The zero-order valence-electron chi connectivity index (χ0n) is 15.7. The van der Waals surface area contributed by atoms with E-state index in [9.17, 15) is 4.79 Å². The summed E-state index contributed by atoms with van der Waals surface area (Å²) in [4.78, 5) is 17.1. The third-order valence-electron chi connectivity index (χ3n) is 5.39. The number of urea groups is 1. The van der Waals surface area contributed by atoms with Gasteiger partial charge in [-0.05, 0) is 50.5 Å². The number of carbonyl (C=O) groups excluding carboxylic acids is 1. The van der Waals surface area contributed by atoms with Gasteiger partial charge in [0.15, 0.2) is 0 Å². The molecular formula is C20H27N5O2. The molecular weight excluding hydrogens is 342 g/mol. The number of hydrogen-bond acceptors (Lipinski definition) is 4. The van der Waals surface area contributed by atoms with Crippen LogP contribution in [0.4, 0.5) is 16.2 Å². The summed E-state index contributed by atoms with van der Waals surface area (Å²) in [5.74, 6) is 0. The maximum absolute atomic E-state index is 12.9. The summed E-state index contributed by atoms with van der Waals surface area (Å²) in [6.45, 7) is 5.41. The number of amides is 2. The second kappa shape index (κ2) is 8.00. The molecule has 1 aromatic carbocycles. The van der Waals surface area contributed by atoms with Crippen LogP contribution in [0.2, 0.25) is 0 Å². The topological polar surface area (TPSA) is 73.5 Å². The monoisotopic (exact) mass is 369 g/mol. The minimum absolute atomic E-state index is 0.0476. The number of aromatic nitrogens is 2. The highest BCUT2D eigenvalue weighted by atomic mass is 16.5. The van der Waals surface area contributed by atoms with Gasteiger partial charge in [-0.15, -0.1) is 0 Å². The van der Waals surface area contributed by atoms with Crippen molar-refractivity contribution in [1.82, 2.24) is 15.1 Å². The Morgan fingerprint density at radius 3 is 2.85 bits per heavy atom. The summed E-state index contributed by atoms with van der Waals surface area (Å²) < 4.78 is 5.60. The molecule has 0 unspecified atom stereocenters. The number of aromatic amines is 1. The molecule has 27 heavy (non-hydrogen) atoms. The Labute approximate surface area is 159 Å². The van der Waals surface area contributed by atoms with Crippen LogP contribution in [0.1, 0.15) is 37.8 Å².